The van der Waals surface area contributed by atoms with Crippen LogP contribution in [0.25, 0.3) is 11.3 Å². The molecule has 0 aliphatic carbocycles. The van der Waals surface area contributed by atoms with E-state index in [-0.39, 0.29) is 10.7 Å². The highest BCUT2D eigenvalue weighted by atomic mass is 32.2. The summed E-state index contributed by atoms with van der Waals surface area (Å²) < 4.78 is 32.5. The molecule has 0 aliphatic heterocycles. The van der Waals surface area contributed by atoms with Crippen LogP contribution >= 0.6 is 0 Å². The zero-order chi connectivity index (χ0) is 16.3. The number of rotatable bonds is 5. The molecule has 0 unspecified atom stereocenters. The van der Waals surface area contributed by atoms with E-state index in [0.717, 1.165) is 0 Å². The van der Waals surface area contributed by atoms with Gasteiger partial charge in [-0.3, -0.25) is 9.52 Å². The van der Waals surface area contributed by atoms with Gasteiger partial charge in [-0.1, -0.05) is 18.2 Å². The summed E-state index contributed by atoms with van der Waals surface area (Å²) in [5.74, 6) is 0.731. The van der Waals surface area contributed by atoms with Crippen molar-refractivity contribution in [1.29, 1.82) is 0 Å². The Balaban J connectivity index is 1.85. The molecule has 0 spiro atoms. The molecule has 1 heterocycles. The lowest BCUT2D eigenvalue weighted by Gasteiger charge is -2.08. The van der Waals surface area contributed by atoms with Crippen molar-refractivity contribution in [3.63, 3.8) is 0 Å². The standard InChI is InChI=1S/C17H13NO4S/c19-12-15-8-11-17(22-15)13-6-9-16(10-7-13)23(20,21)18-14-4-2-1-3-5-14/h1-12,18H. The molecule has 0 saturated heterocycles. The number of anilines is 1. The van der Waals surface area contributed by atoms with Gasteiger partial charge in [0.1, 0.15) is 5.76 Å². The van der Waals surface area contributed by atoms with Crippen LogP contribution < -0.4 is 4.72 Å². The third-order valence-corrected chi connectivity index (χ3v) is 4.62. The van der Waals surface area contributed by atoms with Crippen LogP contribution in [-0.2, 0) is 10.0 Å². The fourth-order valence-electron chi connectivity index (χ4n) is 2.09. The van der Waals surface area contributed by atoms with E-state index in [0.29, 0.717) is 23.3 Å². The third-order valence-electron chi connectivity index (χ3n) is 3.22. The molecule has 3 aromatic rings. The number of benzene rings is 2. The van der Waals surface area contributed by atoms with Gasteiger partial charge in [0.25, 0.3) is 10.0 Å². The lowest BCUT2D eigenvalue weighted by Crippen LogP contribution is -2.12. The summed E-state index contributed by atoms with van der Waals surface area (Å²) >= 11 is 0. The van der Waals surface area contributed by atoms with Gasteiger partial charge < -0.3 is 4.42 Å². The molecule has 0 aliphatic rings. The summed E-state index contributed by atoms with van der Waals surface area (Å²) in [5, 5.41) is 0. The van der Waals surface area contributed by atoms with Gasteiger partial charge in [0.2, 0.25) is 0 Å². The number of hydrogen-bond donors (Lipinski definition) is 1. The van der Waals surface area contributed by atoms with Crippen LogP contribution in [0.4, 0.5) is 5.69 Å². The summed E-state index contributed by atoms with van der Waals surface area (Å²) in [5.41, 5.74) is 1.19. The van der Waals surface area contributed by atoms with Crippen molar-refractivity contribution in [3.05, 3.63) is 72.5 Å². The number of para-hydroxylation sites is 1. The summed E-state index contributed by atoms with van der Waals surface area (Å²) in [6.45, 7) is 0. The quantitative estimate of drug-likeness (QED) is 0.727. The van der Waals surface area contributed by atoms with E-state index in [1.807, 2.05) is 6.07 Å². The average Bonchev–Trinajstić information content (AvgIpc) is 3.05. The van der Waals surface area contributed by atoms with Crippen molar-refractivity contribution in [2.75, 3.05) is 4.72 Å². The predicted molar refractivity (Wildman–Crippen MR) is 86.8 cm³/mol. The van der Waals surface area contributed by atoms with Gasteiger partial charge in [-0.15, -0.1) is 0 Å². The van der Waals surface area contributed by atoms with Gasteiger partial charge in [-0.05, 0) is 48.5 Å². The second-order valence-corrected chi connectivity index (χ2v) is 6.50. The Morgan fingerprint density at radius 1 is 0.870 bits per heavy atom. The minimum atomic E-state index is -3.65. The topological polar surface area (TPSA) is 76.4 Å². The Labute approximate surface area is 133 Å². The van der Waals surface area contributed by atoms with E-state index >= 15 is 0 Å². The van der Waals surface area contributed by atoms with E-state index in [1.165, 1.54) is 12.1 Å². The zero-order valence-corrected chi connectivity index (χ0v) is 12.8. The zero-order valence-electron chi connectivity index (χ0n) is 12.0. The molecule has 6 heteroatoms. The van der Waals surface area contributed by atoms with Gasteiger partial charge >= 0.3 is 0 Å². The maximum absolute atomic E-state index is 12.3. The molecule has 0 fully saturated rings. The van der Waals surface area contributed by atoms with Crippen molar-refractivity contribution >= 4 is 22.0 Å². The highest BCUT2D eigenvalue weighted by Gasteiger charge is 2.14. The molecule has 116 valence electrons. The van der Waals surface area contributed by atoms with Crippen LogP contribution in [0.15, 0.2) is 76.0 Å². The third kappa shape index (κ3) is 3.32. The van der Waals surface area contributed by atoms with Crippen molar-refractivity contribution in [3.8, 4) is 11.3 Å². The lowest BCUT2D eigenvalue weighted by atomic mass is 10.2. The number of aldehydes is 1. The monoisotopic (exact) mass is 327 g/mol. The first kappa shape index (κ1) is 15.1. The molecular formula is C17H13NO4S. The normalized spacial score (nSPS) is 11.1. The number of carbonyl (C=O) groups is 1. The average molecular weight is 327 g/mol. The van der Waals surface area contributed by atoms with Crippen LogP contribution in [0.2, 0.25) is 0 Å². The van der Waals surface area contributed by atoms with Gasteiger partial charge in [0.05, 0.1) is 4.90 Å². The summed E-state index contributed by atoms with van der Waals surface area (Å²) in [4.78, 5) is 10.8. The molecule has 0 atom stereocenters. The second-order valence-electron chi connectivity index (χ2n) is 4.82. The first-order valence-electron chi connectivity index (χ1n) is 6.82. The number of sulfonamides is 1. The largest absolute Gasteiger partial charge is 0.453 e. The SMILES string of the molecule is O=Cc1ccc(-c2ccc(S(=O)(=O)Nc3ccccc3)cc2)o1. The Hall–Kier alpha value is -2.86. The molecule has 23 heavy (non-hydrogen) atoms. The highest BCUT2D eigenvalue weighted by molar-refractivity contribution is 7.92. The fourth-order valence-corrected chi connectivity index (χ4v) is 3.15. The van der Waals surface area contributed by atoms with Crippen LogP contribution in [-0.4, -0.2) is 14.7 Å². The van der Waals surface area contributed by atoms with Crippen molar-refractivity contribution < 1.29 is 17.6 Å². The molecule has 0 radical (unpaired) electrons. The molecule has 5 nitrogen and oxygen atoms in total. The first-order valence-corrected chi connectivity index (χ1v) is 8.30. The van der Waals surface area contributed by atoms with Gasteiger partial charge in [-0.2, -0.15) is 0 Å². The number of furan rings is 1. The number of hydrogen-bond acceptors (Lipinski definition) is 4. The van der Waals surface area contributed by atoms with Crippen LogP contribution in [0.5, 0.6) is 0 Å². The van der Waals surface area contributed by atoms with E-state index in [2.05, 4.69) is 4.72 Å². The van der Waals surface area contributed by atoms with Gasteiger partial charge in [-0.25, -0.2) is 8.42 Å². The summed E-state index contributed by atoms with van der Waals surface area (Å²) in [6, 6.07) is 18.1. The van der Waals surface area contributed by atoms with Crippen LogP contribution in [0.3, 0.4) is 0 Å². The number of nitrogens with one attached hydrogen (secondary N) is 1. The Morgan fingerprint density at radius 2 is 1.57 bits per heavy atom. The highest BCUT2D eigenvalue weighted by Crippen LogP contribution is 2.24. The number of carbonyl (C=O) groups excluding carboxylic acids is 1. The van der Waals surface area contributed by atoms with Gasteiger partial charge in [0, 0.05) is 11.3 Å². The van der Waals surface area contributed by atoms with Crippen molar-refractivity contribution in [1.82, 2.24) is 0 Å². The smallest absolute Gasteiger partial charge is 0.261 e. The van der Waals surface area contributed by atoms with E-state index in [9.17, 15) is 13.2 Å². The maximum Gasteiger partial charge on any atom is 0.261 e. The molecule has 3 rings (SSSR count). The van der Waals surface area contributed by atoms with E-state index in [1.54, 1.807) is 48.5 Å². The minimum absolute atomic E-state index is 0.146. The summed E-state index contributed by atoms with van der Waals surface area (Å²) in [7, 11) is -3.65. The van der Waals surface area contributed by atoms with Crippen molar-refractivity contribution in [2.24, 2.45) is 0 Å². The van der Waals surface area contributed by atoms with Gasteiger partial charge in [0.15, 0.2) is 12.0 Å². The van der Waals surface area contributed by atoms with Crippen molar-refractivity contribution in [2.45, 2.75) is 4.90 Å². The Kier molecular flexibility index (Phi) is 3.99. The second kappa shape index (κ2) is 6.10. The summed E-state index contributed by atoms with van der Waals surface area (Å²) in [6.07, 6.45) is 0.617. The first-order chi connectivity index (χ1) is 11.1. The lowest BCUT2D eigenvalue weighted by molar-refractivity contribution is 0.110. The fraction of sp³-hybridized carbons (Fsp3) is 0. The molecule has 0 saturated carbocycles. The van der Waals surface area contributed by atoms with Crippen LogP contribution in [0, 0.1) is 0 Å². The molecule has 0 bridgehead atoms. The Morgan fingerprint density at radius 3 is 2.17 bits per heavy atom. The Bertz CT molecular complexity index is 913. The molecule has 0 amide bonds. The molecule has 1 aromatic heterocycles. The molecule has 1 N–H and O–H groups in total. The molecular weight excluding hydrogens is 314 g/mol. The van der Waals surface area contributed by atoms with Crippen LogP contribution in [0.1, 0.15) is 10.6 Å². The van der Waals surface area contributed by atoms with E-state index < -0.39 is 10.0 Å². The maximum atomic E-state index is 12.3. The predicted octanol–water partition coefficient (Wildman–Crippen LogP) is 3.56. The minimum Gasteiger partial charge on any atom is -0.453 e. The van der Waals surface area contributed by atoms with E-state index in [4.69, 9.17) is 4.42 Å². The molecule has 2 aromatic carbocycles.